The summed E-state index contributed by atoms with van der Waals surface area (Å²) in [5, 5.41) is 13.7. The molecular weight excluding hydrogens is 264 g/mol. The zero-order chi connectivity index (χ0) is 13.4. The molecule has 0 radical (unpaired) electrons. The first-order valence-electron chi connectivity index (χ1n) is 6.20. The van der Waals surface area contributed by atoms with Crippen LogP contribution in [-0.2, 0) is 0 Å². The summed E-state index contributed by atoms with van der Waals surface area (Å²) in [4.78, 5) is 16.0. The van der Waals surface area contributed by atoms with E-state index in [1.165, 1.54) is 0 Å². The Morgan fingerprint density at radius 3 is 3.00 bits per heavy atom. The SMILES string of the molecule is O=C(O)c1cc(C2CCNC2)nc2c(Cl)cccc12. The quantitative estimate of drug-likeness (QED) is 0.885. The Morgan fingerprint density at radius 1 is 1.47 bits per heavy atom. The minimum Gasteiger partial charge on any atom is -0.478 e. The van der Waals surface area contributed by atoms with E-state index in [-0.39, 0.29) is 11.5 Å². The second-order valence-corrected chi connectivity index (χ2v) is 5.13. The van der Waals surface area contributed by atoms with Crippen molar-refractivity contribution in [3.05, 3.63) is 40.5 Å². The van der Waals surface area contributed by atoms with Gasteiger partial charge in [0.05, 0.1) is 16.1 Å². The van der Waals surface area contributed by atoms with Crippen LogP contribution in [-0.4, -0.2) is 29.1 Å². The minimum atomic E-state index is -0.943. The van der Waals surface area contributed by atoms with Crippen LogP contribution in [0, 0.1) is 0 Å². The molecule has 1 aromatic carbocycles. The fourth-order valence-electron chi connectivity index (χ4n) is 2.53. The number of hydrogen-bond acceptors (Lipinski definition) is 3. The lowest BCUT2D eigenvalue weighted by molar-refractivity contribution is 0.0699. The molecule has 2 heterocycles. The summed E-state index contributed by atoms with van der Waals surface area (Å²) in [5.74, 6) is -0.680. The van der Waals surface area contributed by atoms with Gasteiger partial charge in [-0.3, -0.25) is 4.98 Å². The summed E-state index contributed by atoms with van der Waals surface area (Å²) in [6.07, 6.45) is 0.974. The highest BCUT2D eigenvalue weighted by Gasteiger charge is 2.21. The molecule has 19 heavy (non-hydrogen) atoms. The number of aromatic nitrogens is 1. The van der Waals surface area contributed by atoms with Crippen molar-refractivity contribution in [3.8, 4) is 0 Å². The van der Waals surface area contributed by atoms with Crippen molar-refractivity contribution in [3.63, 3.8) is 0 Å². The number of hydrogen-bond donors (Lipinski definition) is 2. The number of aromatic carboxylic acids is 1. The molecular formula is C14H13ClN2O2. The summed E-state index contributed by atoms with van der Waals surface area (Å²) < 4.78 is 0. The van der Waals surface area contributed by atoms with Gasteiger partial charge in [-0.2, -0.15) is 0 Å². The van der Waals surface area contributed by atoms with Crippen molar-refractivity contribution in [2.75, 3.05) is 13.1 Å². The average Bonchev–Trinajstić information content (AvgIpc) is 2.92. The van der Waals surface area contributed by atoms with Crippen LogP contribution >= 0.6 is 11.6 Å². The zero-order valence-electron chi connectivity index (χ0n) is 10.2. The topological polar surface area (TPSA) is 62.2 Å². The summed E-state index contributed by atoms with van der Waals surface area (Å²) in [7, 11) is 0. The average molecular weight is 277 g/mol. The number of carbonyl (C=O) groups is 1. The van der Waals surface area contributed by atoms with Gasteiger partial charge in [0.1, 0.15) is 0 Å². The Balaban J connectivity index is 2.25. The molecule has 3 rings (SSSR count). The summed E-state index contributed by atoms with van der Waals surface area (Å²) >= 11 is 6.14. The van der Waals surface area contributed by atoms with Crippen LogP contribution in [0.1, 0.15) is 28.4 Å². The summed E-state index contributed by atoms with van der Waals surface area (Å²) in [6.45, 7) is 1.78. The molecule has 0 bridgehead atoms. The number of benzene rings is 1. The van der Waals surface area contributed by atoms with Gasteiger partial charge in [-0.15, -0.1) is 0 Å². The Morgan fingerprint density at radius 2 is 2.32 bits per heavy atom. The van der Waals surface area contributed by atoms with E-state index in [9.17, 15) is 9.90 Å². The predicted octanol–water partition coefficient (Wildman–Crippen LogP) is 2.66. The Labute approximate surface area is 115 Å². The third kappa shape index (κ3) is 2.17. The van der Waals surface area contributed by atoms with Crippen molar-refractivity contribution in [1.82, 2.24) is 10.3 Å². The minimum absolute atomic E-state index is 0.263. The molecule has 1 aromatic heterocycles. The fraction of sp³-hybridized carbons (Fsp3) is 0.286. The van der Waals surface area contributed by atoms with Gasteiger partial charge in [0.15, 0.2) is 0 Å². The van der Waals surface area contributed by atoms with Crippen LogP contribution in [0.3, 0.4) is 0 Å². The van der Waals surface area contributed by atoms with Crippen LogP contribution in [0.5, 0.6) is 0 Å². The molecule has 1 aliphatic heterocycles. The lowest BCUT2D eigenvalue weighted by Crippen LogP contribution is -2.10. The van der Waals surface area contributed by atoms with Gasteiger partial charge in [-0.25, -0.2) is 4.79 Å². The second kappa shape index (κ2) is 4.79. The van der Waals surface area contributed by atoms with Gasteiger partial charge in [0.25, 0.3) is 0 Å². The molecule has 2 aromatic rings. The molecule has 1 saturated heterocycles. The standard InChI is InChI=1S/C14H13ClN2O2/c15-11-3-1-2-9-10(14(18)19)6-12(17-13(9)11)8-4-5-16-7-8/h1-3,6,8,16H,4-5,7H2,(H,18,19). The molecule has 1 fully saturated rings. The Kier molecular flexibility index (Phi) is 3.12. The molecule has 5 heteroatoms. The first kappa shape index (κ1) is 12.4. The van der Waals surface area contributed by atoms with Crippen molar-refractivity contribution < 1.29 is 9.90 Å². The molecule has 98 valence electrons. The predicted molar refractivity (Wildman–Crippen MR) is 73.9 cm³/mol. The molecule has 2 N–H and O–H groups in total. The van der Waals surface area contributed by atoms with E-state index in [0.717, 1.165) is 25.2 Å². The number of para-hydroxylation sites is 1. The number of carboxylic acid groups (broad SMARTS) is 1. The normalized spacial score (nSPS) is 18.9. The van der Waals surface area contributed by atoms with E-state index in [2.05, 4.69) is 10.3 Å². The van der Waals surface area contributed by atoms with Crippen LogP contribution in [0.4, 0.5) is 0 Å². The molecule has 0 saturated carbocycles. The van der Waals surface area contributed by atoms with Gasteiger partial charge < -0.3 is 10.4 Å². The number of halogens is 1. The van der Waals surface area contributed by atoms with E-state index in [0.29, 0.717) is 15.9 Å². The summed E-state index contributed by atoms with van der Waals surface area (Å²) in [5.41, 5.74) is 1.66. The van der Waals surface area contributed by atoms with Crippen LogP contribution in [0.2, 0.25) is 5.02 Å². The third-order valence-electron chi connectivity index (χ3n) is 3.52. The maximum Gasteiger partial charge on any atom is 0.336 e. The summed E-state index contributed by atoms with van der Waals surface area (Å²) in [6, 6.07) is 6.90. The van der Waals surface area contributed by atoms with E-state index in [1.807, 2.05) is 0 Å². The lowest BCUT2D eigenvalue weighted by atomic mass is 9.99. The molecule has 1 unspecified atom stereocenters. The Hall–Kier alpha value is -1.65. The third-order valence-corrected chi connectivity index (χ3v) is 3.82. The number of nitrogens with one attached hydrogen (secondary N) is 1. The van der Waals surface area contributed by atoms with E-state index < -0.39 is 5.97 Å². The van der Waals surface area contributed by atoms with Crippen LogP contribution < -0.4 is 5.32 Å². The molecule has 0 amide bonds. The van der Waals surface area contributed by atoms with Crippen molar-refractivity contribution in [2.45, 2.75) is 12.3 Å². The molecule has 4 nitrogen and oxygen atoms in total. The zero-order valence-corrected chi connectivity index (χ0v) is 10.9. The highest BCUT2D eigenvalue weighted by Crippen LogP contribution is 2.29. The van der Waals surface area contributed by atoms with E-state index in [1.54, 1.807) is 24.3 Å². The number of carboxylic acids is 1. The van der Waals surface area contributed by atoms with Gasteiger partial charge >= 0.3 is 5.97 Å². The highest BCUT2D eigenvalue weighted by atomic mass is 35.5. The van der Waals surface area contributed by atoms with Gasteiger partial charge in [0, 0.05) is 23.5 Å². The molecule has 1 atom stereocenters. The van der Waals surface area contributed by atoms with Gasteiger partial charge in [-0.05, 0) is 25.1 Å². The van der Waals surface area contributed by atoms with Crippen molar-refractivity contribution in [2.24, 2.45) is 0 Å². The largest absolute Gasteiger partial charge is 0.478 e. The number of pyridine rings is 1. The van der Waals surface area contributed by atoms with Crippen LogP contribution in [0.15, 0.2) is 24.3 Å². The van der Waals surface area contributed by atoms with Gasteiger partial charge in [0.2, 0.25) is 0 Å². The van der Waals surface area contributed by atoms with Crippen molar-refractivity contribution in [1.29, 1.82) is 0 Å². The maximum absolute atomic E-state index is 11.4. The number of rotatable bonds is 2. The molecule has 1 aliphatic rings. The first-order chi connectivity index (χ1) is 9.16. The van der Waals surface area contributed by atoms with E-state index in [4.69, 9.17) is 11.6 Å². The fourth-order valence-corrected chi connectivity index (χ4v) is 2.74. The smallest absolute Gasteiger partial charge is 0.336 e. The highest BCUT2D eigenvalue weighted by molar-refractivity contribution is 6.35. The van der Waals surface area contributed by atoms with Crippen LogP contribution in [0.25, 0.3) is 10.9 Å². The molecule has 0 spiro atoms. The van der Waals surface area contributed by atoms with Crippen molar-refractivity contribution >= 4 is 28.5 Å². The number of nitrogens with zero attached hydrogens (tertiary/aromatic N) is 1. The maximum atomic E-state index is 11.4. The lowest BCUT2D eigenvalue weighted by Gasteiger charge is -2.12. The monoisotopic (exact) mass is 276 g/mol. The second-order valence-electron chi connectivity index (χ2n) is 4.73. The Bertz CT molecular complexity index is 651. The first-order valence-corrected chi connectivity index (χ1v) is 6.58. The molecule has 0 aliphatic carbocycles. The van der Waals surface area contributed by atoms with Gasteiger partial charge in [-0.1, -0.05) is 23.7 Å². The number of fused-ring (bicyclic) bond motifs is 1. The van der Waals surface area contributed by atoms with E-state index >= 15 is 0 Å².